The molecule has 6 heteroatoms. The molecular formula is C14H18N2O4. The molecule has 1 aromatic rings. The highest BCUT2D eigenvalue weighted by Gasteiger charge is 2.27. The third kappa shape index (κ3) is 3.63. The van der Waals surface area contributed by atoms with Crippen LogP contribution in [-0.2, 0) is 16.0 Å². The minimum absolute atomic E-state index is 0.00948. The van der Waals surface area contributed by atoms with Gasteiger partial charge in [0.25, 0.3) is 0 Å². The Morgan fingerprint density at radius 3 is 3.00 bits per heavy atom. The number of rotatable bonds is 3. The molecule has 2 N–H and O–H groups in total. The Kier molecular flexibility index (Phi) is 4.45. The highest BCUT2D eigenvalue weighted by Crippen LogP contribution is 2.15. The molecule has 0 spiro atoms. The molecule has 0 bridgehead atoms. The third-order valence-corrected chi connectivity index (χ3v) is 3.31. The van der Waals surface area contributed by atoms with Crippen molar-refractivity contribution in [3.8, 4) is 5.75 Å². The summed E-state index contributed by atoms with van der Waals surface area (Å²) in [6, 6.07) is 6.61. The van der Waals surface area contributed by atoms with Crippen LogP contribution in [0.1, 0.15) is 12.0 Å². The number of nitrogens with zero attached hydrogens (tertiary/aromatic N) is 1. The van der Waals surface area contributed by atoms with Gasteiger partial charge in [-0.1, -0.05) is 12.1 Å². The Hall–Kier alpha value is -2.24. The Morgan fingerprint density at radius 2 is 2.30 bits per heavy atom. The number of amides is 2. The normalized spacial score (nSPS) is 17.9. The van der Waals surface area contributed by atoms with Crippen molar-refractivity contribution in [1.29, 1.82) is 0 Å². The third-order valence-electron chi connectivity index (χ3n) is 3.31. The van der Waals surface area contributed by atoms with E-state index in [0.29, 0.717) is 13.1 Å². The summed E-state index contributed by atoms with van der Waals surface area (Å²) in [5.41, 5.74) is 0.777. The predicted octanol–water partition coefficient (Wildman–Crippen LogP) is 0.892. The number of alkyl carbamates (subject to hydrolysis) is 1. The highest BCUT2D eigenvalue weighted by molar-refractivity contribution is 5.79. The first-order chi connectivity index (χ1) is 9.58. The second-order valence-electron chi connectivity index (χ2n) is 4.81. The standard InChI is InChI=1S/C14H18N2O4/c1-20-14(19)15-11-5-6-16(9-11)13(18)8-10-3-2-4-12(17)7-10/h2-4,7,11,17H,5-6,8-9H2,1H3,(H,15,19). The van der Waals surface area contributed by atoms with E-state index in [9.17, 15) is 14.7 Å². The fourth-order valence-corrected chi connectivity index (χ4v) is 2.28. The quantitative estimate of drug-likeness (QED) is 0.860. The van der Waals surface area contributed by atoms with Gasteiger partial charge in [0.05, 0.1) is 19.6 Å². The smallest absolute Gasteiger partial charge is 0.407 e. The van der Waals surface area contributed by atoms with E-state index in [1.54, 1.807) is 29.2 Å². The van der Waals surface area contributed by atoms with E-state index in [2.05, 4.69) is 10.1 Å². The van der Waals surface area contributed by atoms with Crippen molar-refractivity contribution in [2.45, 2.75) is 18.9 Å². The maximum atomic E-state index is 12.1. The minimum Gasteiger partial charge on any atom is -0.508 e. The Bertz CT molecular complexity index is 504. The van der Waals surface area contributed by atoms with E-state index in [0.717, 1.165) is 12.0 Å². The van der Waals surface area contributed by atoms with Crippen LogP contribution < -0.4 is 5.32 Å². The lowest BCUT2D eigenvalue weighted by Gasteiger charge is -2.17. The van der Waals surface area contributed by atoms with Gasteiger partial charge in [-0.25, -0.2) is 4.79 Å². The molecule has 20 heavy (non-hydrogen) atoms. The largest absolute Gasteiger partial charge is 0.508 e. The van der Waals surface area contributed by atoms with Crippen molar-refractivity contribution in [1.82, 2.24) is 10.2 Å². The first-order valence-corrected chi connectivity index (χ1v) is 6.48. The Balaban J connectivity index is 1.87. The number of ether oxygens (including phenoxy) is 1. The van der Waals surface area contributed by atoms with Crippen molar-refractivity contribution in [3.05, 3.63) is 29.8 Å². The summed E-state index contributed by atoms with van der Waals surface area (Å²) in [6.07, 6.45) is 0.498. The van der Waals surface area contributed by atoms with Gasteiger partial charge < -0.3 is 20.1 Å². The number of nitrogens with one attached hydrogen (secondary N) is 1. The van der Waals surface area contributed by atoms with Crippen molar-refractivity contribution in [2.24, 2.45) is 0 Å². The molecule has 1 unspecified atom stereocenters. The molecule has 0 radical (unpaired) electrons. The molecule has 2 amide bonds. The lowest BCUT2D eigenvalue weighted by atomic mass is 10.1. The van der Waals surface area contributed by atoms with Crippen molar-refractivity contribution in [2.75, 3.05) is 20.2 Å². The van der Waals surface area contributed by atoms with Gasteiger partial charge in [-0.3, -0.25) is 4.79 Å². The molecular weight excluding hydrogens is 260 g/mol. The molecule has 1 heterocycles. The summed E-state index contributed by atoms with van der Waals surface area (Å²) in [6.45, 7) is 1.11. The van der Waals surface area contributed by atoms with Gasteiger partial charge in [0.1, 0.15) is 5.75 Å². The van der Waals surface area contributed by atoms with Crippen molar-refractivity contribution >= 4 is 12.0 Å². The number of hydrogen-bond donors (Lipinski definition) is 2. The summed E-state index contributed by atoms with van der Waals surface area (Å²) in [5.74, 6) is 0.145. The lowest BCUT2D eigenvalue weighted by Crippen LogP contribution is -2.38. The zero-order valence-corrected chi connectivity index (χ0v) is 11.3. The van der Waals surface area contributed by atoms with Gasteiger partial charge in [-0.05, 0) is 24.1 Å². The van der Waals surface area contributed by atoms with Crippen LogP contribution in [-0.4, -0.2) is 48.2 Å². The van der Waals surface area contributed by atoms with E-state index in [-0.39, 0.29) is 24.1 Å². The van der Waals surface area contributed by atoms with Crippen molar-refractivity contribution < 1.29 is 19.4 Å². The van der Waals surface area contributed by atoms with Gasteiger partial charge in [0, 0.05) is 13.1 Å². The fraction of sp³-hybridized carbons (Fsp3) is 0.429. The fourth-order valence-electron chi connectivity index (χ4n) is 2.28. The summed E-state index contributed by atoms with van der Waals surface area (Å²) < 4.78 is 4.54. The number of hydrogen-bond acceptors (Lipinski definition) is 4. The molecule has 1 aromatic carbocycles. The van der Waals surface area contributed by atoms with E-state index in [1.165, 1.54) is 7.11 Å². The van der Waals surface area contributed by atoms with E-state index in [1.807, 2.05) is 0 Å². The lowest BCUT2D eigenvalue weighted by molar-refractivity contribution is -0.129. The molecule has 1 saturated heterocycles. The van der Waals surface area contributed by atoms with Crippen LogP contribution in [0.25, 0.3) is 0 Å². The zero-order valence-electron chi connectivity index (χ0n) is 11.3. The van der Waals surface area contributed by atoms with Gasteiger partial charge in [-0.15, -0.1) is 0 Å². The molecule has 1 atom stereocenters. The summed E-state index contributed by atoms with van der Waals surface area (Å²) in [5, 5.41) is 12.1. The van der Waals surface area contributed by atoms with Gasteiger partial charge in [-0.2, -0.15) is 0 Å². The molecule has 108 valence electrons. The molecule has 1 aliphatic rings. The molecule has 1 fully saturated rings. The van der Waals surface area contributed by atoms with Gasteiger partial charge in [0.2, 0.25) is 5.91 Å². The first-order valence-electron chi connectivity index (χ1n) is 6.48. The SMILES string of the molecule is COC(=O)NC1CCN(C(=O)Cc2cccc(O)c2)C1. The zero-order chi connectivity index (χ0) is 14.5. The van der Waals surface area contributed by atoms with Crippen LogP contribution in [0.5, 0.6) is 5.75 Å². The monoisotopic (exact) mass is 278 g/mol. The predicted molar refractivity (Wildman–Crippen MR) is 72.3 cm³/mol. The van der Waals surface area contributed by atoms with E-state index >= 15 is 0 Å². The van der Waals surface area contributed by atoms with Crippen LogP contribution in [0.3, 0.4) is 0 Å². The first kappa shape index (κ1) is 14.2. The Labute approximate surface area is 117 Å². The number of phenolic OH excluding ortho intramolecular Hbond substituents is 1. The summed E-state index contributed by atoms with van der Waals surface area (Å²) >= 11 is 0. The molecule has 6 nitrogen and oxygen atoms in total. The van der Waals surface area contributed by atoms with Crippen LogP contribution in [0.15, 0.2) is 24.3 Å². The van der Waals surface area contributed by atoms with Crippen LogP contribution in [0.4, 0.5) is 4.79 Å². The number of phenols is 1. The topological polar surface area (TPSA) is 78.9 Å². The van der Waals surface area contributed by atoms with E-state index in [4.69, 9.17) is 0 Å². The van der Waals surface area contributed by atoms with Crippen molar-refractivity contribution in [3.63, 3.8) is 0 Å². The summed E-state index contributed by atoms with van der Waals surface area (Å²) in [4.78, 5) is 24.9. The number of carbonyl (C=O) groups excluding carboxylic acids is 2. The maximum absolute atomic E-state index is 12.1. The van der Waals surface area contributed by atoms with Gasteiger partial charge in [0.15, 0.2) is 0 Å². The number of aromatic hydroxyl groups is 1. The highest BCUT2D eigenvalue weighted by atomic mass is 16.5. The number of benzene rings is 1. The van der Waals surface area contributed by atoms with Crippen LogP contribution in [0, 0.1) is 0 Å². The van der Waals surface area contributed by atoms with Crippen LogP contribution >= 0.6 is 0 Å². The maximum Gasteiger partial charge on any atom is 0.407 e. The summed E-state index contributed by atoms with van der Waals surface area (Å²) in [7, 11) is 1.31. The average molecular weight is 278 g/mol. The number of methoxy groups -OCH3 is 1. The second-order valence-corrected chi connectivity index (χ2v) is 4.81. The van der Waals surface area contributed by atoms with Gasteiger partial charge >= 0.3 is 6.09 Å². The molecule has 2 rings (SSSR count). The molecule has 0 aliphatic carbocycles. The minimum atomic E-state index is -0.475. The van der Waals surface area contributed by atoms with Crippen LogP contribution in [0.2, 0.25) is 0 Å². The second kappa shape index (κ2) is 6.27. The number of carbonyl (C=O) groups is 2. The Morgan fingerprint density at radius 1 is 1.50 bits per heavy atom. The molecule has 0 aromatic heterocycles. The van der Waals surface area contributed by atoms with E-state index < -0.39 is 6.09 Å². The molecule has 1 aliphatic heterocycles. The number of likely N-dealkylation sites (tertiary alicyclic amines) is 1. The average Bonchev–Trinajstić information content (AvgIpc) is 2.87. The molecule has 0 saturated carbocycles.